The Hall–Kier alpha value is -1.54. The van der Waals surface area contributed by atoms with Gasteiger partial charge in [0.1, 0.15) is 17.3 Å². The van der Waals surface area contributed by atoms with E-state index in [-0.39, 0.29) is 36.4 Å². The first kappa shape index (κ1) is 23.6. The van der Waals surface area contributed by atoms with Gasteiger partial charge in [-0.3, -0.25) is 4.79 Å². The first-order valence-corrected chi connectivity index (χ1v) is 11.7. The minimum Gasteiger partial charge on any atom is -0.426 e. The largest absolute Gasteiger partial charge is 0.426 e. The average molecular weight is 449 g/mol. The molecule has 0 spiro atoms. The normalized spacial score (nSPS) is 50.0. The van der Waals surface area contributed by atoms with Crippen LogP contribution in [0, 0.1) is 23.7 Å². The number of aliphatic hydroxyl groups is 3. The van der Waals surface area contributed by atoms with Gasteiger partial charge in [-0.1, -0.05) is 25.5 Å². The molecule has 7 heteroatoms. The molecule has 7 nitrogen and oxygen atoms in total. The van der Waals surface area contributed by atoms with Crippen molar-refractivity contribution in [2.24, 2.45) is 23.7 Å². The van der Waals surface area contributed by atoms with Crippen molar-refractivity contribution in [2.75, 3.05) is 0 Å². The Kier molecular flexibility index (Phi) is 5.33. The Bertz CT molecular complexity index is 904. The van der Waals surface area contributed by atoms with Crippen LogP contribution in [0.4, 0.5) is 0 Å². The quantitative estimate of drug-likeness (QED) is 0.447. The number of esters is 1. The maximum Gasteiger partial charge on any atom is 0.333 e. The highest BCUT2D eigenvalue weighted by atomic mass is 16.7. The standard InChI is InChI=1S/C25H36O7/c1-13(2)11-18-25(30)16(5)17-8-7-14(3)24(17,29)21(27)20(25)22(6,31-18)9-10-23(28)15(4)12-19(26)32-23/h11-12,14,16-18,20,28-30H,7-10H2,1-6H3/t14-,16-,17-,18+,20-,22-,23?,24+,25-/m0/s1. The van der Waals surface area contributed by atoms with Gasteiger partial charge in [-0.25, -0.2) is 4.79 Å². The molecule has 2 aliphatic heterocycles. The van der Waals surface area contributed by atoms with Crippen molar-refractivity contribution < 1.29 is 34.4 Å². The Morgan fingerprint density at radius 2 is 1.81 bits per heavy atom. The number of carbonyl (C=O) groups excluding carboxylic acids is 2. The summed E-state index contributed by atoms with van der Waals surface area (Å²) < 4.78 is 11.6. The van der Waals surface area contributed by atoms with Gasteiger partial charge in [0.05, 0.1) is 11.5 Å². The van der Waals surface area contributed by atoms with Gasteiger partial charge in [-0.15, -0.1) is 0 Å². The summed E-state index contributed by atoms with van der Waals surface area (Å²) in [5.41, 5.74) is -2.80. The van der Waals surface area contributed by atoms with Crippen molar-refractivity contribution in [3.63, 3.8) is 0 Å². The van der Waals surface area contributed by atoms with Crippen LogP contribution in [0.2, 0.25) is 0 Å². The van der Waals surface area contributed by atoms with Crippen molar-refractivity contribution in [2.45, 2.75) is 95.9 Å². The monoisotopic (exact) mass is 448 g/mol. The van der Waals surface area contributed by atoms with E-state index in [4.69, 9.17) is 9.47 Å². The van der Waals surface area contributed by atoms with Crippen LogP contribution in [0.3, 0.4) is 0 Å². The summed E-state index contributed by atoms with van der Waals surface area (Å²) in [6.45, 7) is 11.0. The minimum absolute atomic E-state index is 0.0186. The van der Waals surface area contributed by atoms with Gasteiger partial charge >= 0.3 is 5.97 Å². The zero-order chi connectivity index (χ0) is 23.9. The minimum atomic E-state index is -1.76. The average Bonchev–Trinajstić information content (AvgIpc) is 3.22. The molecule has 3 fully saturated rings. The first-order chi connectivity index (χ1) is 14.7. The number of rotatable bonds is 4. The summed E-state index contributed by atoms with van der Waals surface area (Å²) in [4.78, 5) is 25.6. The van der Waals surface area contributed by atoms with Crippen LogP contribution in [0.15, 0.2) is 23.3 Å². The predicted molar refractivity (Wildman–Crippen MR) is 116 cm³/mol. The fraction of sp³-hybridized carbons (Fsp3) is 0.760. The summed E-state index contributed by atoms with van der Waals surface area (Å²) in [7, 11) is 0. The van der Waals surface area contributed by atoms with Crippen LogP contribution in [0.5, 0.6) is 0 Å². The van der Waals surface area contributed by atoms with Crippen LogP contribution < -0.4 is 0 Å². The third-order valence-electron chi connectivity index (χ3n) is 8.81. The van der Waals surface area contributed by atoms with Gasteiger partial charge in [0.25, 0.3) is 0 Å². The van der Waals surface area contributed by atoms with Gasteiger partial charge in [0, 0.05) is 24.0 Å². The zero-order valence-electron chi connectivity index (χ0n) is 19.8. The maximum atomic E-state index is 13.9. The van der Waals surface area contributed by atoms with E-state index in [1.807, 2.05) is 33.8 Å². The second kappa shape index (κ2) is 7.23. The molecule has 2 heterocycles. The van der Waals surface area contributed by atoms with E-state index < -0.39 is 40.6 Å². The molecule has 0 amide bonds. The van der Waals surface area contributed by atoms with Crippen LogP contribution in [0.1, 0.15) is 67.2 Å². The topological polar surface area (TPSA) is 113 Å². The van der Waals surface area contributed by atoms with Gasteiger partial charge in [0.2, 0.25) is 5.79 Å². The van der Waals surface area contributed by atoms with Crippen LogP contribution >= 0.6 is 0 Å². The molecule has 0 radical (unpaired) electrons. The van der Waals surface area contributed by atoms with E-state index in [0.29, 0.717) is 12.0 Å². The second-order valence-corrected chi connectivity index (χ2v) is 11.0. The number of ketones is 1. The van der Waals surface area contributed by atoms with Gasteiger partial charge < -0.3 is 24.8 Å². The summed E-state index contributed by atoms with van der Waals surface area (Å²) in [5, 5.41) is 34.6. The number of hydrogen-bond acceptors (Lipinski definition) is 7. The lowest BCUT2D eigenvalue weighted by atomic mass is 9.53. The molecule has 0 aromatic carbocycles. The van der Waals surface area contributed by atoms with Gasteiger partial charge in [-0.05, 0) is 58.8 Å². The molecule has 9 atom stereocenters. The summed E-state index contributed by atoms with van der Waals surface area (Å²) >= 11 is 0. The number of ether oxygens (including phenoxy) is 2. The molecular formula is C25H36O7. The summed E-state index contributed by atoms with van der Waals surface area (Å²) in [6.07, 6.45) is 3.96. The molecule has 2 saturated carbocycles. The molecule has 3 N–H and O–H groups in total. The third kappa shape index (κ3) is 3.01. The molecule has 4 rings (SSSR count). The molecule has 4 aliphatic rings. The van der Waals surface area contributed by atoms with Crippen LogP contribution in [-0.2, 0) is 19.1 Å². The highest BCUT2D eigenvalue weighted by Crippen LogP contribution is 2.62. The van der Waals surface area contributed by atoms with Crippen LogP contribution in [-0.4, -0.2) is 55.8 Å². The van der Waals surface area contributed by atoms with Crippen molar-refractivity contribution in [1.82, 2.24) is 0 Å². The van der Waals surface area contributed by atoms with Crippen molar-refractivity contribution in [3.8, 4) is 0 Å². The predicted octanol–water partition coefficient (Wildman–Crippen LogP) is 2.43. The van der Waals surface area contributed by atoms with E-state index in [1.54, 1.807) is 13.8 Å². The lowest BCUT2D eigenvalue weighted by molar-refractivity contribution is -0.197. The molecule has 32 heavy (non-hydrogen) atoms. The maximum absolute atomic E-state index is 13.9. The number of cyclic esters (lactones) is 1. The molecule has 0 aromatic rings. The molecule has 2 aliphatic carbocycles. The number of Topliss-reactive ketones (excluding diaryl/α,β-unsaturated/α-hetero) is 1. The number of carbonyl (C=O) groups is 2. The first-order valence-electron chi connectivity index (χ1n) is 11.7. The lowest BCUT2D eigenvalue weighted by Gasteiger charge is -2.53. The Labute approximate surface area is 189 Å². The molecule has 0 bridgehead atoms. The fourth-order valence-corrected chi connectivity index (χ4v) is 6.87. The molecular weight excluding hydrogens is 412 g/mol. The Balaban J connectivity index is 1.75. The Morgan fingerprint density at radius 3 is 2.38 bits per heavy atom. The zero-order valence-corrected chi connectivity index (χ0v) is 19.8. The van der Waals surface area contributed by atoms with Crippen molar-refractivity contribution in [1.29, 1.82) is 0 Å². The number of allylic oxidation sites excluding steroid dienone is 1. The van der Waals surface area contributed by atoms with E-state index >= 15 is 0 Å². The Morgan fingerprint density at radius 1 is 1.16 bits per heavy atom. The van der Waals surface area contributed by atoms with E-state index in [2.05, 4.69) is 0 Å². The third-order valence-corrected chi connectivity index (χ3v) is 8.81. The highest BCUT2D eigenvalue weighted by Gasteiger charge is 2.75. The van der Waals surface area contributed by atoms with Crippen molar-refractivity contribution >= 4 is 11.8 Å². The molecule has 1 saturated heterocycles. The van der Waals surface area contributed by atoms with E-state index in [1.165, 1.54) is 6.08 Å². The van der Waals surface area contributed by atoms with E-state index in [9.17, 15) is 24.9 Å². The van der Waals surface area contributed by atoms with Gasteiger partial charge in [0.15, 0.2) is 5.78 Å². The number of hydrogen-bond donors (Lipinski definition) is 3. The second-order valence-electron chi connectivity index (χ2n) is 11.0. The molecule has 178 valence electrons. The SMILES string of the molecule is CC(C)=C[C@H]1O[C@@](C)(CCC2(O)OC(=O)C=C2C)[C@@H]2C(=O)[C@@]3(O)[C@@H](C)CC[C@H]3[C@H](C)[C@@]21O. The molecule has 1 unspecified atom stereocenters. The van der Waals surface area contributed by atoms with E-state index in [0.717, 1.165) is 12.0 Å². The summed E-state index contributed by atoms with van der Waals surface area (Å²) in [6, 6.07) is 0. The van der Waals surface area contributed by atoms with Crippen LogP contribution in [0.25, 0.3) is 0 Å². The summed E-state index contributed by atoms with van der Waals surface area (Å²) in [5.74, 6) is -4.63. The number of fused-ring (bicyclic) bond motifs is 2. The van der Waals surface area contributed by atoms with Crippen molar-refractivity contribution in [3.05, 3.63) is 23.3 Å². The lowest BCUT2D eigenvalue weighted by Crippen LogP contribution is -2.69. The smallest absolute Gasteiger partial charge is 0.333 e. The fourth-order valence-electron chi connectivity index (χ4n) is 6.87. The highest BCUT2D eigenvalue weighted by molar-refractivity contribution is 5.94. The molecule has 0 aromatic heterocycles. The van der Waals surface area contributed by atoms with Gasteiger partial charge in [-0.2, -0.15) is 0 Å².